The minimum atomic E-state index is -1.02. The zero-order valence-electron chi connectivity index (χ0n) is 11.5. The molecule has 0 spiro atoms. The van der Waals surface area contributed by atoms with Crippen LogP contribution in [0.5, 0.6) is 0 Å². The molecule has 6 heteroatoms. The van der Waals surface area contributed by atoms with Gasteiger partial charge in [-0.05, 0) is 31.1 Å². The number of aliphatic hydroxyl groups excluding tert-OH is 1. The van der Waals surface area contributed by atoms with Crippen molar-refractivity contribution in [2.45, 2.75) is 51.7 Å². The van der Waals surface area contributed by atoms with E-state index < -0.39 is 18.2 Å². The van der Waals surface area contributed by atoms with E-state index in [1.54, 1.807) is 0 Å². The zero-order valence-corrected chi connectivity index (χ0v) is 11.5. The Morgan fingerprint density at radius 1 is 1.32 bits per heavy atom. The molecule has 0 aromatic carbocycles. The quantitative estimate of drug-likeness (QED) is 0.629. The lowest BCUT2D eigenvalue weighted by molar-refractivity contribution is -0.151. The number of carbonyl (C=O) groups is 2. The van der Waals surface area contributed by atoms with E-state index >= 15 is 0 Å². The molecule has 1 heterocycles. The maximum Gasteiger partial charge on any atom is 0.332 e. The Morgan fingerprint density at radius 2 is 1.95 bits per heavy atom. The number of carboxylic acids is 1. The Morgan fingerprint density at radius 3 is 2.47 bits per heavy atom. The van der Waals surface area contributed by atoms with Crippen LogP contribution in [0.3, 0.4) is 0 Å². The monoisotopic (exact) mass is 273 g/mol. The SMILES string of the molecule is CC(C)(CCCO)CNC(=O)[C@@H]1CC[C@H](C(=O)O)O1. The van der Waals surface area contributed by atoms with Crippen LogP contribution >= 0.6 is 0 Å². The van der Waals surface area contributed by atoms with Crippen molar-refractivity contribution >= 4 is 11.9 Å². The molecule has 1 amide bonds. The highest BCUT2D eigenvalue weighted by molar-refractivity contribution is 5.82. The van der Waals surface area contributed by atoms with Crippen LogP contribution in [0.15, 0.2) is 0 Å². The molecule has 110 valence electrons. The molecule has 1 aliphatic heterocycles. The second-order valence-corrected chi connectivity index (χ2v) is 5.74. The van der Waals surface area contributed by atoms with E-state index in [0.29, 0.717) is 25.8 Å². The third-order valence-corrected chi connectivity index (χ3v) is 3.34. The van der Waals surface area contributed by atoms with Crippen molar-refractivity contribution in [3.63, 3.8) is 0 Å². The molecule has 1 fully saturated rings. The minimum absolute atomic E-state index is 0.0941. The van der Waals surface area contributed by atoms with Crippen LogP contribution in [-0.2, 0) is 14.3 Å². The highest BCUT2D eigenvalue weighted by Crippen LogP contribution is 2.23. The minimum Gasteiger partial charge on any atom is -0.479 e. The van der Waals surface area contributed by atoms with Gasteiger partial charge in [-0.25, -0.2) is 4.79 Å². The van der Waals surface area contributed by atoms with Crippen molar-refractivity contribution in [3.8, 4) is 0 Å². The molecule has 0 aromatic heterocycles. The predicted octanol–water partition coefficient (Wildman–Crippen LogP) is 0.533. The topological polar surface area (TPSA) is 95.9 Å². The van der Waals surface area contributed by atoms with Crippen molar-refractivity contribution < 1.29 is 24.5 Å². The standard InChI is InChI=1S/C13H23NO5/c1-13(2,6-3-7-15)8-14-11(16)9-4-5-10(19-9)12(17)18/h9-10,15H,3-8H2,1-2H3,(H,14,16)(H,17,18)/t9-,10+/m0/s1. The third kappa shape index (κ3) is 5.16. The first kappa shape index (κ1) is 15.9. The molecule has 3 N–H and O–H groups in total. The van der Waals surface area contributed by atoms with Crippen LogP contribution in [0, 0.1) is 5.41 Å². The molecule has 1 saturated heterocycles. The molecule has 2 atom stereocenters. The van der Waals surface area contributed by atoms with Gasteiger partial charge in [0.1, 0.15) is 6.10 Å². The number of nitrogens with one attached hydrogen (secondary N) is 1. The number of carboxylic acid groups (broad SMARTS) is 1. The summed E-state index contributed by atoms with van der Waals surface area (Å²) < 4.78 is 5.18. The van der Waals surface area contributed by atoms with Crippen LogP contribution in [0.1, 0.15) is 39.5 Å². The van der Waals surface area contributed by atoms with Crippen LogP contribution in [-0.4, -0.2) is 47.4 Å². The number of rotatable bonds is 7. The molecule has 1 aliphatic rings. The lowest BCUT2D eigenvalue weighted by Gasteiger charge is -2.25. The predicted molar refractivity (Wildman–Crippen MR) is 68.6 cm³/mol. The Labute approximate surface area is 113 Å². The molecule has 0 aliphatic carbocycles. The number of amides is 1. The van der Waals surface area contributed by atoms with Crippen molar-refractivity contribution in [1.82, 2.24) is 5.32 Å². The van der Waals surface area contributed by atoms with Crippen LogP contribution in [0.25, 0.3) is 0 Å². The molecule has 0 unspecified atom stereocenters. The summed E-state index contributed by atoms with van der Waals surface area (Å²) in [5.74, 6) is -1.26. The second kappa shape index (κ2) is 6.86. The summed E-state index contributed by atoms with van der Waals surface area (Å²) in [4.78, 5) is 22.6. The first-order valence-electron chi connectivity index (χ1n) is 6.62. The average Bonchev–Trinajstić information content (AvgIpc) is 2.83. The summed E-state index contributed by atoms with van der Waals surface area (Å²) in [7, 11) is 0. The average molecular weight is 273 g/mol. The van der Waals surface area contributed by atoms with E-state index in [1.165, 1.54) is 0 Å². The maximum absolute atomic E-state index is 11.9. The first-order valence-corrected chi connectivity index (χ1v) is 6.62. The number of carbonyl (C=O) groups excluding carboxylic acids is 1. The van der Waals surface area contributed by atoms with E-state index in [4.69, 9.17) is 14.9 Å². The Bertz CT molecular complexity index is 329. The van der Waals surface area contributed by atoms with Gasteiger partial charge >= 0.3 is 5.97 Å². The van der Waals surface area contributed by atoms with Crippen LogP contribution in [0.4, 0.5) is 0 Å². The zero-order chi connectivity index (χ0) is 14.5. The van der Waals surface area contributed by atoms with Gasteiger partial charge < -0.3 is 20.3 Å². The normalized spacial score (nSPS) is 23.3. The van der Waals surface area contributed by atoms with Crippen molar-refractivity contribution in [3.05, 3.63) is 0 Å². The van der Waals surface area contributed by atoms with Gasteiger partial charge in [0.2, 0.25) is 5.91 Å². The molecular formula is C13H23NO5. The van der Waals surface area contributed by atoms with Gasteiger partial charge in [0.25, 0.3) is 0 Å². The fourth-order valence-electron chi connectivity index (χ4n) is 2.10. The van der Waals surface area contributed by atoms with E-state index in [-0.39, 0.29) is 17.9 Å². The summed E-state index contributed by atoms with van der Waals surface area (Å²) >= 11 is 0. The Balaban J connectivity index is 2.34. The second-order valence-electron chi connectivity index (χ2n) is 5.74. The van der Waals surface area contributed by atoms with Crippen molar-refractivity contribution in [1.29, 1.82) is 0 Å². The van der Waals surface area contributed by atoms with Crippen LogP contribution in [0.2, 0.25) is 0 Å². The van der Waals surface area contributed by atoms with Gasteiger partial charge in [-0.3, -0.25) is 4.79 Å². The summed E-state index contributed by atoms with van der Waals surface area (Å²) in [6.07, 6.45) is 0.811. The molecule has 0 aromatic rings. The van der Waals surface area contributed by atoms with Crippen molar-refractivity contribution in [2.75, 3.05) is 13.2 Å². The Kier molecular flexibility index (Phi) is 5.75. The van der Waals surface area contributed by atoms with Gasteiger partial charge in [0.15, 0.2) is 6.10 Å². The van der Waals surface area contributed by atoms with Gasteiger partial charge in [-0.2, -0.15) is 0 Å². The maximum atomic E-state index is 11.9. The fourth-order valence-corrected chi connectivity index (χ4v) is 2.10. The van der Waals surface area contributed by atoms with E-state index in [1.807, 2.05) is 13.8 Å². The van der Waals surface area contributed by atoms with E-state index in [2.05, 4.69) is 5.32 Å². The lowest BCUT2D eigenvalue weighted by atomic mass is 9.88. The van der Waals surface area contributed by atoms with Gasteiger partial charge in [-0.15, -0.1) is 0 Å². The first-order chi connectivity index (χ1) is 8.85. The lowest BCUT2D eigenvalue weighted by Crippen LogP contribution is -2.40. The number of aliphatic hydroxyl groups is 1. The number of aliphatic carboxylic acids is 1. The summed E-state index contributed by atoms with van der Waals surface area (Å²) in [6, 6.07) is 0. The number of hydrogen-bond acceptors (Lipinski definition) is 4. The summed E-state index contributed by atoms with van der Waals surface area (Å²) in [5.41, 5.74) is -0.0941. The fraction of sp³-hybridized carbons (Fsp3) is 0.846. The third-order valence-electron chi connectivity index (χ3n) is 3.34. The summed E-state index contributed by atoms with van der Waals surface area (Å²) in [5, 5.41) is 20.4. The smallest absolute Gasteiger partial charge is 0.332 e. The van der Waals surface area contributed by atoms with Gasteiger partial charge in [0, 0.05) is 13.2 Å². The Hall–Kier alpha value is -1.14. The molecule has 1 rings (SSSR count). The molecule has 6 nitrogen and oxygen atoms in total. The number of hydrogen-bond donors (Lipinski definition) is 3. The van der Waals surface area contributed by atoms with E-state index in [0.717, 1.165) is 6.42 Å². The van der Waals surface area contributed by atoms with E-state index in [9.17, 15) is 9.59 Å². The van der Waals surface area contributed by atoms with Crippen molar-refractivity contribution in [2.24, 2.45) is 5.41 Å². The van der Waals surface area contributed by atoms with Crippen LogP contribution < -0.4 is 5.32 Å². The molecule has 0 saturated carbocycles. The molecule has 0 radical (unpaired) electrons. The molecule has 0 bridgehead atoms. The highest BCUT2D eigenvalue weighted by Gasteiger charge is 2.35. The van der Waals surface area contributed by atoms with Gasteiger partial charge in [0.05, 0.1) is 0 Å². The largest absolute Gasteiger partial charge is 0.479 e. The van der Waals surface area contributed by atoms with Gasteiger partial charge in [-0.1, -0.05) is 13.8 Å². The molecule has 19 heavy (non-hydrogen) atoms. The summed E-state index contributed by atoms with van der Waals surface area (Å²) in [6.45, 7) is 4.66. The molecular weight excluding hydrogens is 250 g/mol. The highest BCUT2D eigenvalue weighted by atomic mass is 16.5. The number of ether oxygens (including phenoxy) is 1.